The zero-order valence-corrected chi connectivity index (χ0v) is 15.0. The van der Waals surface area contributed by atoms with Crippen molar-refractivity contribution in [3.63, 3.8) is 0 Å². The third-order valence-corrected chi connectivity index (χ3v) is 7.12. The van der Waals surface area contributed by atoms with E-state index in [2.05, 4.69) is 10.0 Å². The van der Waals surface area contributed by atoms with Crippen LogP contribution in [0.2, 0.25) is 0 Å². The minimum absolute atomic E-state index is 0.0585. The van der Waals surface area contributed by atoms with Gasteiger partial charge in [0.1, 0.15) is 0 Å². The van der Waals surface area contributed by atoms with Crippen molar-refractivity contribution >= 4 is 33.4 Å². The number of fused-ring (bicyclic) bond motifs is 2. The Morgan fingerprint density at radius 1 is 1.26 bits per heavy atom. The van der Waals surface area contributed by atoms with Crippen molar-refractivity contribution in [2.24, 2.45) is 11.8 Å². The number of hydrogen-bond donors (Lipinski definition) is 2. The van der Waals surface area contributed by atoms with Crippen LogP contribution < -0.4 is 10.0 Å². The number of benzene rings is 1. The summed E-state index contributed by atoms with van der Waals surface area (Å²) in [5.41, 5.74) is 0.542. The summed E-state index contributed by atoms with van der Waals surface area (Å²) in [6.07, 6.45) is 6.35. The molecule has 1 aromatic rings. The smallest absolute Gasteiger partial charge is 0.240 e. The Balaban J connectivity index is 1.83. The number of anilines is 1. The maximum absolute atomic E-state index is 12.7. The second-order valence-electron chi connectivity index (χ2n) is 6.45. The molecule has 2 N–H and O–H groups in total. The Hall–Kier alpha value is -1.05. The normalized spacial score (nSPS) is 26.4. The van der Waals surface area contributed by atoms with Crippen LogP contribution in [0.15, 0.2) is 28.0 Å². The molecule has 3 atom stereocenters. The van der Waals surface area contributed by atoms with E-state index < -0.39 is 10.0 Å². The van der Waals surface area contributed by atoms with Gasteiger partial charge in [0.25, 0.3) is 0 Å². The molecule has 2 aliphatic rings. The van der Waals surface area contributed by atoms with Crippen LogP contribution in [0.5, 0.6) is 0 Å². The summed E-state index contributed by atoms with van der Waals surface area (Å²) in [5.74, 6) is 0.951. The van der Waals surface area contributed by atoms with Crippen LogP contribution in [0, 0.1) is 11.8 Å². The zero-order chi connectivity index (χ0) is 16.6. The summed E-state index contributed by atoms with van der Waals surface area (Å²) < 4.78 is 28.2. The standard InChI is InChI=1S/C16H22N2O3S2/c1-10(19)17-15-9-13(5-6-16(15)22-2)23(20,21)18-14-8-11-3-4-12(14)7-11/h5-6,9,11-12,14,18H,3-4,7-8H2,1-2H3,(H,17,19)/t11-,12-,14-/m0/s1. The average molecular weight is 354 g/mol. The van der Waals surface area contributed by atoms with Crippen LogP contribution in [0.1, 0.15) is 32.6 Å². The molecule has 0 heterocycles. The van der Waals surface area contributed by atoms with E-state index >= 15 is 0 Å². The molecule has 126 valence electrons. The third-order valence-electron chi connectivity index (χ3n) is 4.84. The number of hydrogen-bond acceptors (Lipinski definition) is 4. The van der Waals surface area contributed by atoms with E-state index in [1.165, 1.54) is 25.1 Å². The molecule has 2 saturated carbocycles. The Kier molecular flexibility index (Phi) is 4.71. The molecule has 0 spiro atoms. The highest BCUT2D eigenvalue weighted by Gasteiger charge is 2.41. The lowest BCUT2D eigenvalue weighted by Crippen LogP contribution is -2.38. The van der Waals surface area contributed by atoms with Gasteiger partial charge in [0.05, 0.1) is 10.6 Å². The van der Waals surface area contributed by atoms with Gasteiger partial charge in [-0.15, -0.1) is 11.8 Å². The summed E-state index contributed by atoms with van der Waals surface area (Å²) >= 11 is 1.47. The number of sulfonamides is 1. The molecule has 0 aromatic heterocycles. The van der Waals surface area contributed by atoms with Crippen molar-refractivity contribution in [2.75, 3.05) is 11.6 Å². The first-order valence-corrected chi connectivity index (χ1v) is 10.6. The predicted octanol–water partition coefficient (Wildman–Crippen LogP) is 2.83. The van der Waals surface area contributed by atoms with Crippen molar-refractivity contribution in [1.82, 2.24) is 4.72 Å². The Morgan fingerprint density at radius 2 is 2.04 bits per heavy atom. The second kappa shape index (κ2) is 6.45. The fourth-order valence-corrected chi connectivity index (χ4v) is 5.68. The van der Waals surface area contributed by atoms with Crippen LogP contribution in [0.3, 0.4) is 0 Å². The number of carbonyl (C=O) groups is 1. The zero-order valence-electron chi connectivity index (χ0n) is 13.3. The second-order valence-corrected chi connectivity index (χ2v) is 9.01. The summed E-state index contributed by atoms with van der Waals surface area (Å²) in [6.45, 7) is 1.42. The fraction of sp³-hybridized carbons (Fsp3) is 0.562. The largest absolute Gasteiger partial charge is 0.325 e. The summed E-state index contributed by atoms with van der Waals surface area (Å²) in [4.78, 5) is 12.4. The Bertz CT molecular complexity index is 718. The monoisotopic (exact) mass is 354 g/mol. The van der Waals surface area contributed by atoms with E-state index in [1.807, 2.05) is 6.26 Å². The molecule has 2 fully saturated rings. The molecule has 23 heavy (non-hydrogen) atoms. The molecular formula is C16H22N2O3S2. The summed E-state index contributed by atoms with van der Waals surface area (Å²) in [5, 5.41) is 2.71. The van der Waals surface area contributed by atoms with Crippen LogP contribution in [-0.2, 0) is 14.8 Å². The highest BCUT2D eigenvalue weighted by Crippen LogP contribution is 2.44. The van der Waals surface area contributed by atoms with Crippen molar-refractivity contribution in [2.45, 2.75) is 48.4 Å². The molecule has 2 bridgehead atoms. The van der Waals surface area contributed by atoms with Gasteiger partial charge in [-0.1, -0.05) is 6.42 Å². The van der Waals surface area contributed by atoms with Crippen molar-refractivity contribution in [3.05, 3.63) is 18.2 Å². The van der Waals surface area contributed by atoms with Gasteiger partial charge in [0.2, 0.25) is 15.9 Å². The van der Waals surface area contributed by atoms with E-state index in [1.54, 1.807) is 18.2 Å². The summed E-state index contributed by atoms with van der Waals surface area (Å²) in [6, 6.07) is 4.95. The molecule has 1 amide bonds. The Morgan fingerprint density at radius 3 is 2.61 bits per heavy atom. The van der Waals surface area contributed by atoms with E-state index in [0.717, 1.165) is 24.2 Å². The maximum atomic E-state index is 12.7. The minimum Gasteiger partial charge on any atom is -0.325 e. The highest BCUT2D eigenvalue weighted by atomic mass is 32.2. The molecule has 1 aromatic carbocycles. The molecule has 3 rings (SSSR count). The van der Waals surface area contributed by atoms with E-state index in [4.69, 9.17) is 0 Å². The van der Waals surface area contributed by atoms with E-state index in [-0.39, 0.29) is 16.8 Å². The van der Waals surface area contributed by atoms with Crippen molar-refractivity contribution in [1.29, 1.82) is 0 Å². The number of amides is 1. The van der Waals surface area contributed by atoms with Gasteiger partial charge in [0, 0.05) is 17.9 Å². The van der Waals surface area contributed by atoms with E-state index in [9.17, 15) is 13.2 Å². The number of rotatable bonds is 5. The molecule has 0 unspecified atom stereocenters. The van der Waals surface area contributed by atoms with Gasteiger partial charge < -0.3 is 5.32 Å². The van der Waals surface area contributed by atoms with Gasteiger partial charge in [-0.3, -0.25) is 4.79 Å². The minimum atomic E-state index is -3.56. The molecule has 2 aliphatic carbocycles. The lowest BCUT2D eigenvalue weighted by molar-refractivity contribution is -0.114. The van der Waals surface area contributed by atoms with Crippen molar-refractivity contribution < 1.29 is 13.2 Å². The first-order valence-electron chi connectivity index (χ1n) is 7.87. The Labute approximate surface area is 141 Å². The topological polar surface area (TPSA) is 75.3 Å². The fourth-order valence-electron chi connectivity index (χ4n) is 3.80. The first-order chi connectivity index (χ1) is 10.9. The number of carbonyl (C=O) groups excluding carboxylic acids is 1. The van der Waals surface area contributed by atoms with Gasteiger partial charge in [-0.05, 0) is 55.6 Å². The van der Waals surface area contributed by atoms with Crippen molar-refractivity contribution in [3.8, 4) is 0 Å². The van der Waals surface area contributed by atoms with E-state index in [0.29, 0.717) is 17.5 Å². The molecule has 5 nitrogen and oxygen atoms in total. The van der Waals surface area contributed by atoms with Gasteiger partial charge in [-0.25, -0.2) is 13.1 Å². The molecule has 0 aliphatic heterocycles. The van der Waals surface area contributed by atoms with Crippen LogP contribution >= 0.6 is 11.8 Å². The number of thioether (sulfide) groups is 1. The molecule has 0 saturated heterocycles. The quantitative estimate of drug-likeness (QED) is 0.797. The number of nitrogens with one attached hydrogen (secondary N) is 2. The lowest BCUT2D eigenvalue weighted by atomic mass is 9.96. The highest BCUT2D eigenvalue weighted by molar-refractivity contribution is 7.98. The van der Waals surface area contributed by atoms with Crippen LogP contribution in [-0.4, -0.2) is 26.6 Å². The molecule has 7 heteroatoms. The van der Waals surface area contributed by atoms with Crippen LogP contribution in [0.25, 0.3) is 0 Å². The predicted molar refractivity (Wildman–Crippen MR) is 92.1 cm³/mol. The average Bonchev–Trinajstić information content (AvgIpc) is 3.08. The van der Waals surface area contributed by atoms with Crippen LogP contribution in [0.4, 0.5) is 5.69 Å². The molecule has 0 radical (unpaired) electrons. The maximum Gasteiger partial charge on any atom is 0.240 e. The van der Waals surface area contributed by atoms with Gasteiger partial charge >= 0.3 is 0 Å². The SMILES string of the molecule is CSc1ccc(S(=O)(=O)N[C@H]2C[C@H]3CC[C@H]2C3)cc1NC(C)=O. The first kappa shape index (κ1) is 16.8. The van der Waals surface area contributed by atoms with Gasteiger partial charge in [-0.2, -0.15) is 0 Å². The molecular weight excluding hydrogens is 332 g/mol. The van der Waals surface area contributed by atoms with Gasteiger partial charge in [0.15, 0.2) is 0 Å². The lowest BCUT2D eigenvalue weighted by Gasteiger charge is -2.23. The summed E-state index contributed by atoms with van der Waals surface area (Å²) in [7, 11) is -3.56. The third kappa shape index (κ3) is 3.56.